The van der Waals surface area contributed by atoms with E-state index in [0.29, 0.717) is 6.04 Å². The van der Waals surface area contributed by atoms with Crippen LogP contribution in [0.25, 0.3) is 0 Å². The highest BCUT2D eigenvalue weighted by atomic mass is 19.3. The van der Waals surface area contributed by atoms with Gasteiger partial charge in [0.2, 0.25) is 0 Å². The van der Waals surface area contributed by atoms with Crippen molar-refractivity contribution in [3.8, 4) is 5.75 Å². The van der Waals surface area contributed by atoms with Gasteiger partial charge in [-0.1, -0.05) is 25.0 Å². The third-order valence-corrected chi connectivity index (χ3v) is 3.48. The van der Waals surface area contributed by atoms with Crippen molar-refractivity contribution in [3.05, 3.63) is 29.8 Å². The van der Waals surface area contributed by atoms with Crippen LogP contribution in [0, 0.1) is 0 Å². The third kappa shape index (κ3) is 4.14. The zero-order valence-electron chi connectivity index (χ0n) is 10.7. The second-order valence-corrected chi connectivity index (χ2v) is 4.83. The highest BCUT2D eigenvalue weighted by Crippen LogP contribution is 2.23. The summed E-state index contributed by atoms with van der Waals surface area (Å²) in [5.41, 5.74) is 0.885. The molecule has 0 heterocycles. The van der Waals surface area contributed by atoms with Crippen molar-refractivity contribution in [3.63, 3.8) is 0 Å². The number of halogens is 2. The van der Waals surface area contributed by atoms with Crippen LogP contribution in [0.2, 0.25) is 0 Å². The molecule has 1 unspecified atom stereocenters. The molecule has 1 atom stereocenters. The first-order valence-electron chi connectivity index (χ1n) is 6.60. The summed E-state index contributed by atoms with van der Waals surface area (Å²) in [6.45, 7) is -2.82. The maximum atomic E-state index is 12.0. The van der Waals surface area contributed by atoms with Crippen molar-refractivity contribution in [1.82, 2.24) is 5.32 Å². The molecule has 1 aliphatic carbocycles. The molecule has 0 radical (unpaired) electrons. The minimum Gasteiger partial charge on any atom is -0.435 e. The van der Waals surface area contributed by atoms with Crippen LogP contribution in [-0.4, -0.2) is 24.4 Å². The number of ether oxygens (including phenoxy) is 1. The Bertz CT molecular complexity index is 378. The Morgan fingerprint density at radius 2 is 1.84 bits per heavy atom. The minimum atomic E-state index is -2.81. The lowest BCUT2D eigenvalue weighted by atomic mass is 10.1. The monoisotopic (exact) mass is 271 g/mol. The molecule has 1 aromatic rings. The van der Waals surface area contributed by atoms with E-state index < -0.39 is 6.61 Å². The average Bonchev–Trinajstić information content (AvgIpc) is 2.89. The van der Waals surface area contributed by atoms with E-state index in [1.807, 2.05) is 0 Å². The van der Waals surface area contributed by atoms with Gasteiger partial charge in [0.05, 0.1) is 12.6 Å². The summed E-state index contributed by atoms with van der Waals surface area (Å²) in [5, 5.41) is 12.8. The number of aliphatic hydroxyl groups is 1. The van der Waals surface area contributed by atoms with Crippen molar-refractivity contribution in [2.24, 2.45) is 0 Å². The van der Waals surface area contributed by atoms with E-state index in [2.05, 4.69) is 10.1 Å². The molecule has 0 spiro atoms. The first-order valence-corrected chi connectivity index (χ1v) is 6.60. The van der Waals surface area contributed by atoms with E-state index >= 15 is 0 Å². The van der Waals surface area contributed by atoms with Crippen LogP contribution < -0.4 is 10.1 Å². The Kier molecular flexibility index (Phi) is 5.10. The normalized spacial score (nSPS) is 17.9. The predicted molar refractivity (Wildman–Crippen MR) is 68.3 cm³/mol. The smallest absolute Gasteiger partial charge is 0.387 e. The number of benzene rings is 1. The quantitative estimate of drug-likeness (QED) is 0.836. The molecule has 19 heavy (non-hydrogen) atoms. The van der Waals surface area contributed by atoms with Crippen molar-refractivity contribution in [2.75, 3.05) is 6.61 Å². The lowest BCUT2D eigenvalue weighted by Crippen LogP contribution is -2.32. The van der Waals surface area contributed by atoms with Gasteiger partial charge >= 0.3 is 6.61 Å². The van der Waals surface area contributed by atoms with Gasteiger partial charge in [-0.25, -0.2) is 0 Å². The summed E-state index contributed by atoms with van der Waals surface area (Å²) >= 11 is 0. The first-order chi connectivity index (χ1) is 9.19. The Morgan fingerprint density at radius 1 is 1.21 bits per heavy atom. The average molecular weight is 271 g/mol. The maximum Gasteiger partial charge on any atom is 0.387 e. The summed E-state index contributed by atoms with van der Waals surface area (Å²) in [6, 6.07) is 6.71. The fourth-order valence-corrected chi connectivity index (χ4v) is 2.51. The zero-order valence-corrected chi connectivity index (χ0v) is 10.7. The summed E-state index contributed by atoms with van der Waals surface area (Å²) in [5.74, 6) is 0.135. The summed E-state index contributed by atoms with van der Waals surface area (Å²) < 4.78 is 28.4. The van der Waals surface area contributed by atoms with Crippen LogP contribution in [-0.2, 0) is 0 Å². The first kappa shape index (κ1) is 14.2. The molecule has 1 aromatic carbocycles. The molecule has 0 bridgehead atoms. The SMILES string of the molecule is OCC(NC1CCCC1)c1ccc(OC(F)F)cc1. The molecule has 2 rings (SSSR count). The molecule has 0 aromatic heterocycles. The highest BCUT2D eigenvalue weighted by molar-refractivity contribution is 5.29. The molecule has 5 heteroatoms. The number of hydrogen-bond donors (Lipinski definition) is 2. The van der Waals surface area contributed by atoms with Gasteiger partial charge in [-0.3, -0.25) is 0 Å². The summed E-state index contributed by atoms with van der Waals surface area (Å²) in [7, 11) is 0. The van der Waals surface area contributed by atoms with Crippen molar-refractivity contribution in [1.29, 1.82) is 0 Å². The lowest BCUT2D eigenvalue weighted by Gasteiger charge is -2.21. The minimum absolute atomic E-state index is 0.00838. The molecule has 0 aliphatic heterocycles. The standard InChI is InChI=1S/C14H19F2NO2/c15-14(16)19-12-7-5-10(6-8-12)13(9-18)17-11-3-1-2-4-11/h5-8,11,13-14,17-18H,1-4,9H2. The fraction of sp³-hybridized carbons (Fsp3) is 0.571. The number of rotatable bonds is 6. The fourth-order valence-electron chi connectivity index (χ4n) is 2.51. The Labute approximate surface area is 111 Å². The number of alkyl halides is 2. The molecule has 106 valence electrons. The highest BCUT2D eigenvalue weighted by Gasteiger charge is 2.19. The van der Waals surface area contributed by atoms with E-state index in [1.165, 1.54) is 25.0 Å². The van der Waals surface area contributed by atoms with E-state index in [1.54, 1.807) is 12.1 Å². The number of aliphatic hydroxyl groups excluding tert-OH is 1. The van der Waals surface area contributed by atoms with Crippen molar-refractivity contribution >= 4 is 0 Å². The molecule has 1 fully saturated rings. The second-order valence-electron chi connectivity index (χ2n) is 4.83. The van der Waals surface area contributed by atoms with Gasteiger partial charge < -0.3 is 15.2 Å². The van der Waals surface area contributed by atoms with Crippen LogP contribution in [0.1, 0.15) is 37.3 Å². The molecule has 0 amide bonds. The third-order valence-electron chi connectivity index (χ3n) is 3.48. The molecule has 2 N–H and O–H groups in total. The zero-order chi connectivity index (χ0) is 13.7. The van der Waals surface area contributed by atoms with E-state index in [0.717, 1.165) is 18.4 Å². The van der Waals surface area contributed by atoms with Gasteiger partial charge in [0.25, 0.3) is 0 Å². The molecule has 1 aliphatic rings. The van der Waals surface area contributed by atoms with Crippen LogP contribution >= 0.6 is 0 Å². The topological polar surface area (TPSA) is 41.5 Å². The predicted octanol–water partition coefficient (Wildman–Crippen LogP) is 2.85. The molecule has 0 saturated heterocycles. The van der Waals surface area contributed by atoms with Crippen LogP contribution in [0.5, 0.6) is 5.75 Å². The van der Waals surface area contributed by atoms with E-state index in [-0.39, 0.29) is 18.4 Å². The van der Waals surface area contributed by atoms with Gasteiger partial charge in [-0.2, -0.15) is 8.78 Å². The maximum absolute atomic E-state index is 12.0. The van der Waals surface area contributed by atoms with Crippen molar-refractivity contribution in [2.45, 2.75) is 44.4 Å². The van der Waals surface area contributed by atoms with Gasteiger partial charge in [-0.05, 0) is 30.5 Å². The Morgan fingerprint density at radius 3 is 2.37 bits per heavy atom. The van der Waals surface area contributed by atoms with Crippen molar-refractivity contribution < 1.29 is 18.6 Å². The van der Waals surface area contributed by atoms with Gasteiger partial charge in [0.15, 0.2) is 0 Å². The van der Waals surface area contributed by atoms with Crippen LogP contribution in [0.3, 0.4) is 0 Å². The lowest BCUT2D eigenvalue weighted by molar-refractivity contribution is -0.0498. The number of nitrogens with one attached hydrogen (secondary N) is 1. The molecule has 1 saturated carbocycles. The summed E-state index contributed by atoms with van der Waals surface area (Å²) in [6.07, 6.45) is 4.69. The summed E-state index contributed by atoms with van der Waals surface area (Å²) in [4.78, 5) is 0. The Balaban J connectivity index is 1.97. The van der Waals surface area contributed by atoms with E-state index in [4.69, 9.17) is 0 Å². The van der Waals surface area contributed by atoms with E-state index in [9.17, 15) is 13.9 Å². The largest absolute Gasteiger partial charge is 0.435 e. The molecule has 3 nitrogen and oxygen atoms in total. The molecular formula is C14H19F2NO2. The van der Waals surface area contributed by atoms with Gasteiger partial charge in [0.1, 0.15) is 5.75 Å². The van der Waals surface area contributed by atoms with Crippen LogP contribution in [0.15, 0.2) is 24.3 Å². The second kappa shape index (κ2) is 6.82. The number of hydrogen-bond acceptors (Lipinski definition) is 3. The van der Waals surface area contributed by atoms with Gasteiger partial charge in [-0.15, -0.1) is 0 Å². The van der Waals surface area contributed by atoms with Gasteiger partial charge in [0, 0.05) is 6.04 Å². The Hall–Kier alpha value is -1.20. The van der Waals surface area contributed by atoms with Crippen LogP contribution in [0.4, 0.5) is 8.78 Å². The molecular weight excluding hydrogens is 252 g/mol.